The average molecular weight is 986 g/mol. The molecule has 2 unspecified atom stereocenters. The molecule has 2 atom stereocenters. The lowest BCUT2D eigenvalue weighted by Gasteiger charge is -2.25. The Kier molecular flexibility index (Phi) is 50.1. The van der Waals surface area contributed by atoms with Crippen LogP contribution in [0.5, 0.6) is 0 Å². The van der Waals surface area contributed by atoms with Crippen LogP contribution < -0.4 is 0 Å². The van der Waals surface area contributed by atoms with E-state index >= 15 is 0 Å². The minimum atomic E-state index is -1.51. The monoisotopic (exact) mass is 985 g/mol. The number of carboxylic acid groups (broad SMARTS) is 1. The molecule has 0 aliphatic rings. The van der Waals surface area contributed by atoms with E-state index in [1.807, 2.05) is 21.1 Å². The molecule has 0 aliphatic heterocycles. The molecule has 406 valence electrons. The van der Waals surface area contributed by atoms with Crippen LogP contribution in [0.2, 0.25) is 0 Å². The highest BCUT2D eigenvalue weighted by Gasteiger charge is 2.25. The van der Waals surface area contributed by atoms with Gasteiger partial charge < -0.3 is 28.5 Å². The Morgan fingerprint density at radius 3 is 1.21 bits per heavy atom. The van der Waals surface area contributed by atoms with Crippen molar-refractivity contribution in [3.05, 3.63) is 60.8 Å². The van der Waals surface area contributed by atoms with Crippen LogP contribution in [0.1, 0.15) is 251 Å². The Balaban J connectivity index is 4.23. The van der Waals surface area contributed by atoms with Crippen LogP contribution in [0.25, 0.3) is 0 Å². The molecule has 0 amide bonds. The van der Waals surface area contributed by atoms with Crippen LogP contribution in [-0.4, -0.2) is 87.4 Å². The predicted molar refractivity (Wildman–Crippen MR) is 295 cm³/mol. The van der Waals surface area contributed by atoms with Gasteiger partial charge in [0.05, 0.1) is 34.4 Å². The van der Waals surface area contributed by atoms with E-state index in [0.717, 1.165) is 77.0 Å². The van der Waals surface area contributed by atoms with E-state index < -0.39 is 24.3 Å². The molecule has 0 aromatic rings. The van der Waals surface area contributed by atoms with E-state index in [-0.39, 0.29) is 32.2 Å². The smallest absolute Gasteiger partial charge is 0.361 e. The highest BCUT2D eigenvalue weighted by atomic mass is 16.7. The third-order valence-corrected chi connectivity index (χ3v) is 12.5. The van der Waals surface area contributed by atoms with Gasteiger partial charge in [-0.15, -0.1) is 0 Å². The number of carboxylic acids is 1. The number of allylic oxidation sites excluding steroid dienone is 10. The molecular formula is C61H110NO8+. The van der Waals surface area contributed by atoms with Gasteiger partial charge in [0, 0.05) is 12.8 Å². The lowest BCUT2D eigenvalue weighted by molar-refractivity contribution is -0.870. The number of aliphatic carboxylic acids is 1. The Hall–Kier alpha value is -3.01. The second-order valence-corrected chi connectivity index (χ2v) is 20.6. The van der Waals surface area contributed by atoms with Crippen LogP contribution in [0.3, 0.4) is 0 Å². The van der Waals surface area contributed by atoms with Crippen LogP contribution in [-0.2, 0) is 33.3 Å². The van der Waals surface area contributed by atoms with Gasteiger partial charge in [-0.2, -0.15) is 0 Å². The van der Waals surface area contributed by atoms with Crippen molar-refractivity contribution in [2.75, 3.05) is 47.5 Å². The molecule has 0 bridgehead atoms. The molecular weight excluding hydrogens is 875 g/mol. The first kappa shape index (κ1) is 67.0. The van der Waals surface area contributed by atoms with Gasteiger partial charge >= 0.3 is 17.9 Å². The summed E-state index contributed by atoms with van der Waals surface area (Å²) in [5.74, 6) is -2.00. The normalized spacial score (nSPS) is 13.2. The number of likely N-dealkylation sites (N-methyl/N-ethyl adjacent to an activating group) is 1. The number of rotatable bonds is 53. The van der Waals surface area contributed by atoms with Crippen molar-refractivity contribution in [2.45, 2.75) is 264 Å². The number of hydrogen-bond donors (Lipinski definition) is 1. The summed E-state index contributed by atoms with van der Waals surface area (Å²) in [5, 5.41) is 9.70. The summed E-state index contributed by atoms with van der Waals surface area (Å²) in [6.45, 7) is 4.79. The van der Waals surface area contributed by atoms with E-state index in [1.165, 1.54) is 148 Å². The number of quaternary nitrogens is 1. The number of carbonyl (C=O) groups is 3. The van der Waals surface area contributed by atoms with E-state index in [1.54, 1.807) is 0 Å². The van der Waals surface area contributed by atoms with Crippen molar-refractivity contribution in [1.29, 1.82) is 0 Å². The fraction of sp³-hybridized carbons (Fsp3) is 0.787. The van der Waals surface area contributed by atoms with E-state index in [4.69, 9.17) is 18.9 Å². The van der Waals surface area contributed by atoms with Crippen molar-refractivity contribution in [2.24, 2.45) is 0 Å². The maximum absolute atomic E-state index is 12.9. The molecule has 0 saturated heterocycles. The van der Waals surface area contributed by atoms with Crippen LogP contribution in [0, 0.1) is 0 Å². The van der Waals surface area contributed by atoms with Gasteiger partial charge in [-0.1, -0.05) is 242 Å². The topological polar surface area (TPSA) is 108 Å². The van der Waals surface area contributed by atoms with Crippen LogP contribution in [0.4, 0.5) is 0 Å². The van der Waals surface area contributed by atoms with Crippen molar-refractivity contribution in [3.63, 3.8) is 0 Å². The zero-order chi connectivity index (χ0) is 51.3. The Labute approximate surface area is 431 Å². The third-order valence-electron chi connectivity index (χ3n) is 12.5. The maximum atomic E-state index is 12.9. The summed E-state index contributed by atoms with van der Waals surface area (Å²) in [6, 6.07) is 0. The van der Waals surface area contributed by atoms with Crippen LogP contribution >= 0.6 is 0 Å². The number of carbonyl (C=O) groups excluding carboxylic acids is 2. The van der Waals surface area contributed by atoms with Gasteiger partial charge in [0.2, 0.25) is 0 Å². The fourth-order valence-electron chi connectivity index (χ4n) is 8.10. The molecule has 0 aromatic heterocycles. The summed E-state index contributed by atoms with van der Waals surface area (Å²) < 4.78 is 22.9. The molecule has 0 rings (SSSR count). The molecule has 9 heteroatoms. The van der Waals surface area contributed by atoms with Crippen molar-refractivity contribution in [3.8, 4) is 0 Å². The molecule has 70 heavy (non-hydrogen) atoms. The maximum Gasteiger partial charge on any atom is 0.361 e. The first-order chi connectivity index (χ1) is 34.1. The summed E-state index contributed by atoms with van der Waals surface area (Å²) in [7, 11) is 5.97. The molecule has 9 nitrogen and oxygen atoms in total. The number of unbranched alkanes of at least 4 members (excludes halogenated alkanes) is 28. The van der Waals surface area contributed by atoms with Gasteiger partial charge in [0.15, 0.2) is 6.10 Å². The van der Waals surface area contributed by atoms with Gasteiger partial charge in [0.25, 0.3) is 6.29 Å². The molecule has 0 aromatic carbocycles. The third kappa shape index (κ3) is 52.8. The Bertz CT molecular complexity index is 1330. The van der Waals surface area contributed by atoms with Crippen molar-refractivity contribution in [1.82, 2.24) is 0 Å². The summed E-state index contributed by atoms with van der Waals surface area (Å²) >= 11 is 0. The molecule has 0 spiro atoms. The summed E-state index contributed by atoms with van der Waals surface area (Å²) in [5.41, 5.74) is 0. The zero-order valence-electron chi connectivity index (χ0n) is 46.2. The Morgan fingerprint density at radius 2 is 0.814 bits per heavy atom. The molecule has 0 saturated carbocycles. The zero-order valence-corrected chi connectivity index (χ0v) is 46.2. The van der Waals surface area contributed by atoms with Gasteiger partial charge in [-0.3, -0.25) is 9.59 Å². The van der Waals surface area contributed by atoms with Gasteiger partial charge in [-0.25, -0.2) is 4.79 Å². The van der Waals surface area contributed by atoms with Crippen LogP contribution in [0.15, 0.2) is 60.8 Å². The molecule has 1 N–H and O–H groups in total. The van der Waals surface area contributed by atoms with Crippen molar-refractivity contribution >= 4 is 17.9 Å². The standard InChI is InChI=1S/C61H109NO8/c1-6-8-10-12-14-16-18-20-22-24-26-27-28-29-30-31-32-33-34-36-38-40-42-44-46-48-50-52-59(64)70-57(56-69-61(60(65)66)67-54-53-62(3,4)5)55-68-58(63)51-49-47-45-43-41-39-37-35-25-23-21-19-17-15-13-11-9-7-2/h8,10,14,16,20,22,26-27,29-30,57,61H,6-7,9,11-13,15,17-19,21,23-25,28,31-56H2,1-5H3/p+1/b10-8-,16-14-,22-20-,27-26-,30-29-. The fourth-order valence-corrected chi connectivity index (χ4v) is 8.10. The van der Waals surface area contributed by atoms with Crippen molar-refractivity contribution < 1.29 is 42.9 Å². The Morgan fingerprint density at radius 1 is 0.443 bits per heavy atom. The minimum Gasteiger partial charge on any atom is -0.477 e. The first-order valence-corrected chi connectivity index (χ1v) is 29.0. The molecule has 0 radical (unpaired) electrons. The summed E-state index contributed by atoms with van der Waals surface area (Å²) in [6.07, 6.45) is 62.9. The second kappa shape index (κ2) is 52.3. The molecule has 0 aliphatic carbocycles. The predicted octanol–water partition coefficient (Wildman–Crippen LogP) is 16.8. The largest absolute Gasteiger partial charge is 0.477 e. The van der Waals surface area contributed by atoms with Gasteiger partial charge in [-0.05, 0) is 57.8 Å². The first-order valence-electron chi connectivity index (χ1n) is 29.0. The lowest BCUT2D eigenvalue weighted by atomic mass is 10.0. The van der Waals surface area contributed by atoms with E-state index in [9.17, 15) is 19.5 Å². The number of hydrogen-bond acceptors (Lipinski definition) is 7. The number of ether oxygens (including phenoxy) is 4. The van der Waals surface area contributed by atoms with E-state index in [0.29, 0.717) is 17.4 Å². The highest BCUT2D eigenvalue weighted by Crippen LogP contribution is 2.17. The number of esters is 2. The summed E-state index contributed by atoms with van der Waals surface area (Å²) in [4.78, 5) is 37.4. The van der Waals surface area contributed by atoms with E-state index in [2.05, 4.69) is 74.6 Å². The lowest BCUT2D eigenvalue weighted by Crippen LogP contribution is -2.40. The average Bonchev–Trinajstić information content (AvgIpc) is 3.33. The molecule has 0 heterocycles. The number of nitrogens with zero attached hydrogens (tertiary/aromatic N) is 1. The quantitative estimate of drug-likeness (QED) is 0.0211. The van der Waals surface area contributed by atoms with Gasteiger partial charge in [0.1, 0.15) is 13.2 Å². The highest BCUT2D eigenvalue weighted by molar-refractivity contribution is 5.71. The molecule has 0 fully saturated rings. The second-order valence-electron chi connectivity index (χ2n) is 20.6. The SMILES string of the molecule is CC/C=C\C/C=C\C/C=C\C/C=C\C/C=C\CCCCCCCCCCCCCC(=O)OC(COC(=O)CCCCCCCCCCCCCCCCCCCC)COC(OCC[N+](C)(C)C)C(=O)O. The minimum absolute atomic E-state index is 0.181.